The first kappa shape index (κ1) is 15.8. The van der Waals surface area contributed by atoms with Gasteiger partial charge in [0.1, 0.15) is 18.1 Å². The Morgan fingerprint density at radius 3 is 2.92 bits per heavy atom. The average molecular weight is 321 g/mol. The highest BCUT2D eigenvalue weighted by molar-refractivity contribution is 5.84. The molecule has 0 aliphatic carbocycles. The van der Waals surface area contributed by atoms with Crippen LogP contribution in [0, 0.1) is 0 Å². The van der Waals surface area contributed by atoms with Crippen molar-refractivity contribution in [1.82, 2.24) is 14.9 Å². The Labute approximate surface area is 140 Å². The van der Waals surface area contributed by atoms with Gasteiger partial charge in [-0.2, -0.15) is 0 Å². The van der Waals surface area contributed by atoms with Crippen molar-refractivity contribution in [3.05, 3.63) is 61.2 Å². The number of hydrogen-bond donors (Lipinski definition) is 1. The first-order valence-corrected chi connectivity index (χ1v) is 7.70. The second kappa shape index (κ2) is 7.00. The Bertz CT molecular complexity index is 883. The number of fused-ring (bicyclic) bond motifs is 1. The van der Waals surface area contributed by atoms with Crippen molar-refractivity contribution < 1.29 is 9.53 Å². The molecule has 5 heteroatoms. The number of rotatable bonds is 6. The molecule has 0 aliphatic heterocycles. The predicted octanol–water partition coefficient (Wildman–Crippen LogP) is 3.01. The molecule has 3 aromatic rings. The van der Waals surface area contributed by atoms with Crippen LogP contribution in [0.2, 0.25) is 0 Å². The smallest absolute Gasteiger partial charge is 0.240 e. The van der Waals surface area contributed by atoms with Crippen LogP contribution in [0.15, 0.2) is 61.2 Å². The number of amides is 1. The number of imidazole rings is 1. The lowest BCUT2D eigenvalue weighted by molar-refractivity contribution is -0.121. The number of carbonyl (C=O) groups excluding carboxylic acids is 1. The highest BCUT2D eigenvalue weighted by Gasteiger charge is 2.15. The maximum absolute atomic E-state index is 12.2. The van der Waals surface area contributed by atoms with E-state index in [1.54, 1.807) is 13.2 Å². The number of nitrogens with one attached hydrogen (secondary N) is 1. The summed E-state index contributed by atoms with van der Waals surface area (Å²) in [4.78, 5) is 16.9. The molecule has 0 fully saturated rings. The van der Waals surface area contributed by atoms with Crippen LogP contribution in [0.3, 0.4) is 0 Å². The standard InChI is InChI=1S/C19H19N3O2/c1-3-11-20-18(23)13-22-17-10-5-4-9-16(17)21-19(22)14-7-6-8-15(12-14)24-2/h3-10,12H,1,11,13H2,2H3,(H,20,23). The molecular weight excluding hydrogens is 302 g/mol. The summed E-state index contributed by atoms with van der Waals surface area (Å²) in [5.41, 5.74) is 2.68. The zero-order chi connectivity index (χ0) is 16.9. The zero-order valence-electron chi connectivity index (χ0n) is 13.5. The number of methoxy groups -OCH3 is 1. The molecule has 1 N–H and O–H groups in total. The Hall–Kier alpha value is -3.08. The molecule has 1 aromatic heterocycles. The highest BCUT2D eigenvalue weighted by atomic mass is 16.5. The molecule has 0 saturated heterocycles. The van der Waals surface area contributed by atoms with Gasteiger partial charge in [-0.3, -0.25) is 4.79 Å². The summed E-state index contributed by atoms with van der Waals surface area (Å²) >= 11 is 0. The van der Waals surface area contributed by atoms with Crippen LogP contribution in [-0.2, 0) is 11.3 Å². The molecule has 0 atom stereocenters. The largest absolute Gasteiger partial charge is 0.497 e. The first-order valence-electron chi connectivity index (χ1n) is 7.70. The van der Waals surface area contributed by atoms with Crippen LogP contribution in [0.5, 0.6) is 5.75 Å². The lowest BCUT2D eigenvalue weighted by Gasteiger charge is -2.10. The van der Waals surface area contributed by atoms with Crippen LogP contribution in [0.1, 0.15) is 0 Å². The second-order valence-corrected chi connectivity index (χ2v) is 5.33. The van der Waals surface area contributed by atoms with Crippen molar-refractivity contribution in [1.29, 1.82) is 0 Å². The fraction of sp³-hybridized carbons (Fsp3) is 0.158. The van der Waals surface area contributed by atoms with Crippen LogP contribution < -0.4 is 10.1 Å². The Morgan fingerprint density at radius 1 is 1.29 bits per heavy atom. The Balaban J connectivity index is 2.07. The van der Waals surface area contributed by atoms with E-state index in [1.165, 1.54) is 0 Å². The van der Waals surface area contributed by atoms with Crippen LogP contribution in [0.4, 0.5) is 0 Å². The minimum atomic E-state index is -0.0813. The molecule has 0 bridgehead atoms. The molecule has 0 spiro atoms. The lowest BCUT2D eigenvalue weighted by atomic mass is 10.2. The van der Waals surface area contributed by atoms with Gasteiger partial charge in [-0.25, -0.2) is 4.98 Å². The van der Waals surface area contributed by atoms with E-state index in [4.69, 9.17) is 9.72 Å². The minimum absolute atomic E-state index is 0.0813. The highest BCUT2D eigenvalue weighted by Crippen LogP contribution is 2.27. The summed E-state index contributed by atoms with van der Waals surface area (Å²) in [5, 5.41) is 2.81. The van der Waals surface area contributed by atoms with Gasteiger partial charge in [0.15, 0.2) is 0 Å². The molecule has 122 valence electrons. The monoisotopic (exact) mass is 321 g/mol. The molecule has 3 rings (SSSR count). The molecular formula is C19H19N3O2. The maximum Gasteiger partial charge on any atom is 0.240 e. The average Bonchev–Trinajstić information content (AvgIpc) is 2.98. The van der Waals surface area contributed by atoms with Crippen molar-refractivity contribution >= 4 is 16.9 Å². The molecule has 0 saturated carbocycles. The van der Waals surface area contributed by atoms with Gasteiger partial charge in [0, 0.05) is 12.1 Å². The second-order valence-electron chi connectivity index (χ2n) is 5.33. The van der Waals surface area contributed by atoms with Crippen LogP contribution in [0.25, 0.3) is 22.4 Å². The summed E-state index contributed by atoms with van der Waals surface area (Å²) in [7, 11) is 1.63. The van der Waals surface area contributed by atoms with E-state index in [2.05, 4.69) is 11.9 Å². The van der Waals surface area contributed by atoms with E-state index in [9.17, 15) is 4.79 Å². The summed E-state index contributed by atoms with van der Waals surface area (Å²) < 4.78 is 7.22. The summed E-state index contributed by atoms with van der Waals surface area (Å²) in [6.07, 6.45) is 1.66. The number of carbonyl (C=O) groups is 1. The topological polar surface area (TPSA) is 56.2 Å². The van der Waals surface area contributed by atoms with E-state index in [0.29, 0.717) is 6.54 Å². The number of nitrogens with zero attached hydrogens (tertiary/aromatic N) is 2. The molecule has 0 aliphatic rings. The van der Waals surface area contributed by atoms with Crippen molar-refractivity contribution in [2.24, 2.45) is 0 Å². The van der Waals surface area contributed by atoms with E-state index in [1.807, 2.05) is 53.1 Å². The third kappa shape index (κ3) is 3.15. The SMILES string of the molecule is C=CCNC(=O)Cn1c(-c2cccc(OC)c2)nc2ccccc21. The van der Waals surface area contributed by atoms with E-state index in [-0.39, 0.29) is 12.5 Å². The predicted molar refractivity (Wildman–Crippen MR) is 94.9 cm³/mol. The van der Waals surface area contributed by atoms with Gasteiger partial charge in [0.05, 0.1) is 18.1 Å². The Morgan fingerprint density at radius 2 is 2.12 bits per heavy atom. The van der Waals surface area contributed by atoms with E-state index in [0.717, 1.165) is 28.2 Å². The third-order valence-electron chi connectivity index (χ3n) is 3.73. The van der Waals surface area contributed by atoms with Crippen molar-refractivity contribution in [2.45, 2.75) is 6.54 Å². The number of hydrogen-bond acceptors (Lipinski definition) is 3. The molecule has 24 heavy (non-hydrogen) atoms. The molecule has 0 radical (unpaired) electrons. The van der Waals surface area contributed by atoms with Gasteiger partial charge in [0.2, 0.25) is 5.91 Å². The van der Waals surface area contributed by atoms with E-state index >= 15 is 0 Å². The lowest BCUT2D eigenvalue weighted by Crippen LogP contribution is -2.27. The number of ether oxygens (including phenoxy) is 1. The first-order chi connectivity index (χ1) is 11.7. The van der Waals surface area contributed by atoms with Crippen LogP contribution >= 0.6 is 0 Å². The van der Waals surface area contributed by atoms with Crippen LogP contribution in [-0.4, -0.2) is 29.1 Å². The molecule has 0 unspecified atom stereocenters. The number of para-hydroxylation sites is 2. The van der Waals surface area contributed by atoms with Gasteiger partial charge in [-0.15, -0.1) is 6.58 Å². The van der Waals surface area contributed by atoms with Crippen molar-refractivity contribution in [3.8, 4) is 17.1 Å². The molecule has 1 amide bonds. The van der Waals surface area contributed by atoms with Gasteiger partial charge >= 0.3 is 0 Å². The summed E-state index contributed by atoms with van der Waals surface area (Å²) in [6.45, 7) is 4.26. The summed E-state index contributed by atoms with van der Waals surface area (Å²) in [6, 6.07) is 15.5. The number of aromatic nitrogens is 2. The van der Waals surface area contributed by atoms with Gasteiger partial charge in [-0.1, -0.05) is 30.3 Å². The van der Waals surface area contributed by atoms with Crippen molar-refractivity contribution in [2.75, 3.05) is 13.7 Å². The fourth-order valence-electron chi connectivity index (χ4n) is 2.60. The minimum Gasteiger partial charge on any atom is -0.497 e. The van der Waals surface area contributed by atoms with Gasteiger partial charge < -0.3 is 14.6 Å². The number of benzene rings is 2. The Kier molecular flexibility index (Phi) is 4.61. The van der Waals surface area contributed by atoms with Gasteiger partial charge in [0.25, 0.3) is 0 Å². The normalized spacial score (nSPS) is 10.5. The van der Waals surface area contributed by atoms with Gasteiger partial charge in [-0.05, 0) is 24.3 Å². The quantitative estimate of drug-likeness (QED) is 0.710. The molecule has 2 aromatic carbocycles. The zero-order valence-corrected chi connectivity index (χ0v) is 13.5. The molecule has 5 nitrogen and oxygen atoms in total. The maximum atomic E-state index is 12.2. The van der Waals surface area contributed by atoms with Crippen molar-refractivity contribution in [3.63, 3.8) is 0 Å². The fourth-order valence-corrected chi connectivity index (χ4v) is 2.60. The third-order valence-corrected chi connectivity index (χ3v) is 3.73. The summed E-state index contributed by atoms with van der Waals surface area (Å²) in [5.74, 6) is 1.41. The van der Waals surface area contributed by atoms with E-state index < -0.39 is 0 Å². The molecule has 1 heterocycles.